The van der Waals surface area contributed by atoms with Crippen molar-refractivity contribution in [2.45, 2.75) is 38.1 Å². The first-order valence-electron chi connectivity index (χ1n) is 13.2. The maximum atomic E-state index is 14.1. The first-order chi connectivity index (χ1) is 17.7. The average Bonchev–Trinajstić information content (AvgIpc) is 3.73. The molecular formula is C32H33N3O. The minimum atomic E-state index is -0.734. The van der Waals surface area contributed by atoms with Crippen molar-refractivity contribution in [2.75, 3.05) is 13.1 Å². The average molecular weight is 476 g/mol. The molecule has 0 bridgehead atoms. The zero-order valence-electron chi connectivity index (χ0n) is 20.9. The highest BCUT2D eigenvalue weighted by atomic mass is 16.2. The lowest BCUT2D eigenvalue weighted by Gasteiger charge is -2.40. The van der Waals surface area contributed by atoms with E-state index >= 15 is 0 Å². The van der Waals surface area contributed by atoms with Gasteiger partial charge in [-0.15, -0.1) is 0 Å². The second-order valence-corrected chi connectivity index (χ2v) is 10.3. The van der Waals surface area contributed by atoms with E-state index in [9.17, 15) is 4.79 Å². The fourth-order valence-corrected chi connectivity index (χ4v) is 6.22. The summed E-state index contributed by atoms with van der Waals surface area (Å²) in [5.41, 5.74) is 3.53. The van der Waals surface area contributed by atoms with Gasteiger partial charge < -0.3 is 9.47 Å². The minimum Gasteiger partial charge on any atom is -0.336 e. The van der Waals surface area contributed by atoms with Gasteiger partial charge in [-0.05, 0) is 61.1 Å². The van der Waals surface area contributed by atoms with Crippen LogP contribution in [0.3, 0.4) is 0 Å². The quantitative estimate of drug-likeness (QED) is 0.307. The molecule has 2 fully saturated rings. The van der Waals surface area contributed by atoms with E-state index in [0.29, 0.717) is 5.82 Å². The molecule has 1 amide bonds. The van der Waals surface area contributed by atoms with Gasteiger partial charge in [0.2, 0.25) is 5.82 Å². The summed E-state index contributed by atoms with van der Waals surface area (Å²) in [6.07, 6.45) is 6.81. The van der Waals surface area contributed by atoms with Gasteiger partial charge in [0.15, 0.2) is 0 Å². The summed E-state index contributed by atoms with van der Waals surface area (Å²) >= 11 is 0. The van der Waals surface area contributed by atoms with Gasteiger partial charge in [0, 0.05) is 25.0 Å². The molecule has 2 aliphatic rings. The molecule has 0 N–H and O–H groups in total. The number of aryl methyl sites for hydroxylation is 1. The van der Waals surface area contributed by atoms with Crippen LogP contribution in [0.5, 0.6) is 0 Å². The van der Waals surface area contributed by atoms with E-state index in [0.717, 1.165) is 60.2 Å². The van der Waals surface area contributed by atoms with Crippen LogP contribution in [0.1, 0.15) is 58.7 Å². The van der Waals surface area contributed by atoms with Crippen molar-refractivity contribution in [3.05, 3.63) is 125 Å². The molecule has 182 valence electrons. The third kappa shape index (κ3) is 3.85. The zero-order valence-corrected chi connectivity index (χ0v) is 20.9. The zero-order chi connectivity index (χ0) is 24.5. The van der Waals surface area contributed by atoms with Crippen LogP contribution in [-0.2, 0) is 5.54 Å². The molecule has 0 radical (unpaired) electrons. The fourth-order valence-electron chi connectivity index (χ4n) is 6.22. The molecule has 4 aromatic rings. The molecule has 1 aliphatic carbocycles. The number of benzene rings is 3. The highest BCUT2D eigenvalue weighted by Crippen LogP contribution is 2.44. The molecule has 1 aliphatic heterocycles. The normalized spacial score (nSPS) is 16.8. The Morgan fingerprint density at radius 1 is 0.722 bits per heavy atom. The number of amides is 1. The number of nitrogens with zero attached hydrogens (tertiary/aromatic N) is 3. The molecule has 1 saturated carbocycles. The van der Waals surface area contributed by atoms with Gasteiger partial charge in [-0.3, -0.25) is 4.79 Å². The van der Waals surface area contributed by atoms with Gasteiger partial charge >= 0.3 is 0 Å². The summed E-state index contributed by atoms with van der Waals surface area (Å²) in [5.74, 6) is 2.22. The predicted octanol–water partition coefficient (Wildman–Crippen LogP) is 6.29. The standard InChI is InChI=1S/C32H33N3O/c1-24-23-33-30(31(36)34-21-19-26(20-22-34)25-17-18-25)35(24)32(27-11-5-2-6-12-27,28-13-7-3-8-14-28)29-15-9-4-10-16-29/h2-16,23,25-26H,17-22H2,1H3. The Kier molecular flexibility index (Phi) is 5.96. The fraction of sp³-hybridized carbons (Fsp3) is 0.312. The van der Waals surface area contributed by atoms with E-state index in [2.05, 4.69) is 84.3 Å². The topological polar surface area (TPSA) is 38.1 Å². The third-order valence-electron chi connectivity index (χ3n) is 8.16. The highest BCUT2D eigenvalue weighted by Gasteiger charge is 2.43. The number of likely N-dealkylation sites (tertiary alicyclic amines) is 1. The monoisotopic (exact) mass is 475 g/mol. The first-order valence-corrected chi connectivity index (χ1v) is 13.2. The van der Waals surface area contributed by atoms with Gasteiger partial charge in [-0.2, -0.15) is 0 Å². The SMILES string of the molecule is Cc1cnc(C(=O)N2CCC(C3CC3)CC2)n1C(c1ccccc1)(c1ccccc1)c1ccccc1. The van der Waals surface area contributed by atoms with Gasteiger partial charge in [-0.25, -0.2) is 4.98 Å². The lowest BCUT2D eigenvalue weighted by molar-refractivity contribution is 0.0660. The Morgan fingerprint density at radius 2 is 1.17 bits per heavy atom. The second-order valence-electron chi connectivity index (χ2n) is 10.3. The maximum absolute atomic E-state index is 14.1. The molecule has 6 rings (SSSR count). The Hall–Kier alpha value is -3.66. The highest BCUT2D eigenvalue weighted by molar-refractivity contribution is 5.91. The van der Waals surface area contributed by atoms with Crippen LogP contribution < -0.4 is 0 Å². The smallest absolute Gasteiger partial charge is 0.289 e. The minimum absolute atomic E-state index is 0.0320. The Labute approximate surface area is 213 Å². The number of rotatable bonds is 6. The summed E-state index contributed by atoms with van der Waals surface area (Å²) in [5, 5.41) is 0. The molecule has 4 heteroatoms. The van der Waals surface area contributed by atoms with E-state index in [1.54, 1.807) is 0 Å². The van der Waals surface area contributed by atoms with Crippen molar-refractivity contribution in [3.63, 3.8) is 0 Å². The second kappa shape index (κ2) is 9.42. The number of imidazole rings is 1. The molecule has 0 atom stereocenters. The molecule has 4 nitrogen and oxygen atoms in total. The van der Waals surface area contributed by atoms with E-state index < -0.39 is 5.54 Å². The van der Waals surface area contributed by atoms with Gasteiger partial charge in [0.25, 0.3) is 5.91 Å². The number of hydrogen-bond donors (Lipinski definition) is 0. The van der Waals surface area contributed by atoms with Gasteiger partial charge in [-0.1, -0.05) is 91.0 Å². The molecule has 0 spiro atoms. The first kappa shape index (κ1) is 22.8. The van der Waals surface area contributed by atoms with Crippen LogP contribution in [0, 0.1) is 18.8 Å². The van der Waals surface area contributed by atoms with Crippen LogP contribution in [-0.4, -0.2) is 33.4 Å². The maximum Gasteiger partial charge on any atom is 0.289 e. The number of carbonyl (C=O) groups is 1. The number of aromatic nitrogens is 2. The lowest BCUT2D eigenvalue weighted by atomic mass is 9.76. The molecule has 36 heavy (non-hydrogen) atoms. The molecule has 0 unspecified atom stereocenters. The van der Waals surface area contributed by atoms with Crippen molar-refractivity contribution in [3.8, 4) is 0 Å². The van der Waals surface area contributed by atoms with Crippen LogP contribution in [0.25, 0.3) is 0 Å². The van der Waals surface area contributed by atoms with Gasteiger partial charge in [0.1, 0.15) is 5.54 Å². The summed E-state index contributed by atoms with van der Waals surface area (Å²) in [7, 11) is 0. The van der Waals surface area contributed by atoms with E-state index in [4.69, 9.17) is 4.98 Å². The van der Waals surface area contributed by atoms with Crippen LogP contribution in [0.4, 0.5) is 0 Å². The number of piperidine rings is 1. The molecular weight excluding hydrogens is 442 g/mol. The van der Waals surface area contributed by atoms with Crippen molar-refractivity contribution >= 4 is 5.91 Å². The summed E-state index contributed by atoms with van der Waals surface area (Å²) in [6, 6.07) is 31.6. The van der Waals surface area contributed by atoms with Crippen molar-refractivity contribution < 1.29 is 4.79 Å². The van der Waals surface area contributed by atoms with E-state index in [1.807, 2.05) is 29.3 Å². The molecule has 2 heterocycles. The third-order valence-corrected chi connectivity index (χ3v) is 8.16. The lowest BCUT2D eigenvalue weighted by Crippen LogP contribution is -2.44. The van der Waals surface area contributed by atoms with Crippen LogP contribution >= 0.6 is 0 Å². The van der Waals surface area contributed by atoms with Crippen molar-refractivity contribution in [2.24, 2.45) is 11.8 Å². The van der Waals surface area contributed by atoms with Crippen molar-refractivity contribution in [1.82, 2.24) is 14.5 Å². The van der Waals surface area contributed by atoms with Crippen molar-refractivity contribution in [1.29, 1.82) is 0 Å². The number of hydrogen-bond acceptors (Lipinski definition) is 2. The largest absolute Gasteiger partial charge is 0.336 e. The van der Waals surface area contributed by atoms with Crippen LogP contribution in [0.15, 0.2) is 97.2 Å². The van der Waals surface area contributed by atoms with Crippen LogP contribution in [0.2, 0.25) is 0 Å². The van der Waals surface area contributed by atoms with E-state index in [-0.39, 0.29) is 5.91 Å². The Morgan fingerprint density at radius 3 is 1.61 bits per heavy atom. The Bertz CT molecular complexity index is 1220. The summed E-state index contributed by atoms with van der Waals surface area (Å²) < 4.78 is 2.18. The summed E-state index contributed by atoms with van der Waals surface area (Å²) in [4.78, 5) is 20.9. The predicted molar refractivity (Wildman–Crippen MR) is 143 cm³/mol. The molecule has 1 aromatic heterocycles. The van der Waals surface area contributed by atoms with Gasteiger partial charge in [0.05, 0.1) is 0 Å². The number of carbonyl (C=O) groups excluding carboxylic acids is 1. The molecule has 1 saturated heterocycles. The summed E-state index contributed by atoms with van der Waals surface area (Å²) in [6.45, 7) is 3.70. The molecule has 3 aromatic carbocycles. The van der Waals surface area contributed by atoms with E-state index in [1.165, 1.54) is 12.8 Å². The Balaban J connectivity index is 1.53.